The summed E-state index contributed by atoms with van der Waals surface area (Å²) in [5.74, 6) is 0.150. The van der Waals surface area contributed by atoms with Crippen LogP contribution in [0.2, 0.25) is 0 Å². The number of aromatic nitrogens is 1. The lowest BCUT2D eigenvalue weighted by molar-refractivity contribution is -0.123. The van der Waals surface area contributed by atoms with Gasteiger partial charge in [0.15, 0.2) is 0 Å². The van der Waals surface area contributed by atoms with Crippen molar-refractivity contribution in [1.82, 2.24) is 14.2 Å². The number of pyridine rings is 1. The van der Waals surface area contributed by atoms with Gasteiger partial charge in [-0.2, -0.15) is 4.31 Å². The van der Waals surface area contributed by atoms with Crippen LogP contribution >= 0.6 is 0 Å². The number of hydrogen-bond donors (Lipinski definition) is 2. The quantitative estimate of drug-likeness (QED) is 0.568. The van der Waals surface area contributed by atoms with E-state index in [0.29, 0.717) is 26.2 Å². The molecule has 3 fully saturated rings. The Bertz CT molecular complexity index is 947. The average molecular weight is 442 g/mol. The highest BCUT2D eigenvalue weighted by molar-refractivity contribution is 7.88. The zero-order valence-corrected chi connectivity index (χ0v) is 17.6. The summed E-state index contributed by atoms with van der Waals surface area (Å²) in [6.07, 6.45) is 5.02. The van der Waals surface area contributed by atoms with E-state index in [-0.39, 0.29) is 47.9 Å². The Labute approximate surface area is 174 Å². The first-order valence-electron chi connectivity index (χ1n) is 9.83. The normalized spacial score (nSPS) is 29.7. The van der Waals surface area contributed by atoms with Gasteiger partial charge in [0.05, 0.1) is 18.0 Å². The van der Waals surface area contributed by atoms with Crippen molar-refractivity contribution in [3.05, 3.63) is 34.7 Å². The third kappa shape index (κ3) is 4.57. The van der Waals surface area contributed by atoms with E-state index in [4.69, 9.17) is 14.6 Å². The summed E-state index contributed by atoms with van der Waals surface area (Å²) in [5, 5.41) is 9.85. The second-order valence-corrected chi connectivity index (χ2v) is 9.96. The van der Waals surface area contributed by atoms with Crippen LogP contribution in [0.4, 0.5) is 0 Å². The maximum atomic E-state index is 12.2. The molecule has 30 heavy (non-hydrogen) atoms. The number of hydrogen-bond acceptors (Lipinski definition) is 6. The number of carboxylic acid groups (broad SMARTS) is 1. The number of fused-ring (bicyclic) bond motifs is 1. The number of aryl methyl sites for hydroxylation is 1. The molecular weight excluding hydrogens is 414 g/mol. The topological polar surface area (TPSA) is 135 Å². The Morgan fingerprint density at radius 1 is 1.43 bits per heavy atom. The van der Waals surface area contributed by atoms with Gasteiger partial charge in [-0.05, 0) is 18.9 Å². The van der Waals surface area contributed by atoms with Gasteiger partial charge in [0, 0.05) is 56.7 Å². The fraction of sp³-hybridized carbons (Fsp3) is 0.632. The zero-order chi connectivity index (χ0) is 21.9. The first-order chi connectivity index (χ1) is 14.2. The van der Waals surface area contributed by atoms with Crippen LogP contribution in [-0.2, 0) is 30.9 Å². The highest BCUT2D eigenvalue weighted by atomic mass is 32.2. The molecular formula is C19H27N3O7S. The number of sulfonamides is 1. The third-order valence-electron chi connectivity index (χ3n) is 6.24. The van der Waals surface area contributed by atoms with Gasteiger partial charge in [-0.3, -0.25) is 14.4 Å². The first kappa shape index (κ1) is 22.4. The second kappa shape index (κ2) is 8.86. The molecule has 0 saturated carbocycles. The fourth-order valence-corrected chi connectivity index (χ4v) is 5.75. The van der Waals surface area contributed by atoms with E-state index in [9.17, 15) is 18.0 Å². The van der Waals surface area contributed by atoms with Crippen molar-refractivity contribution >= 4 is 22.4 Å². The van der Waals surface area contributed by atoms with E-state index in [0.717, 1.165) is 12.8 Å². The largest absolute Gasteiger partial charge is 0.483 e. The highest BCUT2D eigenvalue weighted by Crippen LogP contribution is 2.54. The minimum atomic E-state index is -3.24. The lowest BCUT2D eigenvalue weighted by Gasteiger charge is -2.29. The number of nitrogens with one attached hydrogen (secondary N) is 1. The first-order valence-corrected chi connectivity index (χ1v) is 11.7. The number of carbonyl (C=O) groups excluding carboxylic acids is 1. The van der Waals surface area contributed by atoms with E-state index >= 15 is 0 Å². The molecule has 4 heterocycles. The highest BCUT2D eigenvalue weighted by Gasteiger charge is 2.63. The number of ether oxygens (including phenoxy) is 1. The van der Waals surface area contributed by atoms with Crippen LogP contribution in [0.3, 0.4) is 0 Å². The third-order valence-corrected chi connectivity index (χ3v) is 7.45. The summed E-state index contributed by atoms with van der Waals surface area (Å²) in [5.41, 5.74) is -0.499. The van der Waals surface area contributed by atoms with Crippen LogP contribution in [-0.4, -0.2) is 72.4 Å². The standard InChI is InChI=1S/C18H25N3O5S.CH2O2/c1-27(24,25)21-11-14-13(15-5-7-18(14,12-21)26-15)10-19-16(22)6-9-20-8-3-2-4-17(20)23;2-1-3/h2-4,8,13-15H,5-7,9-12H2,1H3,(H,19,22);1H,(H,2,3)/t13-,14+,15+,18+;/m0./s1. The van der Waals surface area contributed by atoms with Crippen LogP contribution in [0.1, 0.15) is 19.3 Å². The summed E-state index contributed by atoms with van der Waals surface area (Å²) < 4.78 is 33.1. The molecule has 2 N–H and O–H groups in total. The Morgan fingerprint density at radius 3 is 2.83 bits per heavy atom. The van der Waals surface area contributed by atoms with Crippen molar-refractivity contribution < 1.29 is 27.9 Å². The summed E-state index contributed by atoms with van der Waals surface area (Å²) in [6, 6.07) is 4.90. The Hall–Kier alpha value is -2.24. The Balaban J connectivity index is 0.000000806. The lowest BCUT2D eigenvalue weighted by Crippen LogP contribution is -2.42. The molecule has 1 amide bonds. The maximum absolute atomic E-state index is 12.2. The monoisotopic (exact) mass is 441 g/mol. The molecule has 0 aliphatic carbocycles. The SMILES string of the molecule is CS(=O)(=O)N1C[C@@H]2[C@H](CNC(=O)CCn3ccccc3=O)[C@H]3CC[C@]2(C1)O3.O=CO. The maximum Gasteiger partial charge on any atom is 0.290 e. The molecule has 3 aliphatic rings. The van der Waals surface area contributed by atoms with Crippen molar-refractivity contribution in [1.29, 1.82) is 0 Å². The Kier molecular flexibility index (Phi) is 6.63. The van der Waals surface area contributed by atoms with Crippen LogP contribution in [0.25, 0.3) is 0 Å². The second-order valence-electron chi connectivity index (χ2n) is 7.98. The van der Waals surface area contributed by atoms with Crippen molar-refractivity contribution in [3.8, 4) is 0 Å². The van der Waals surface area contributed by atoms with Crippen molar-refractivity contribution in [2.45, 2.75) is 37.5 Å². The molecule has 0 radical (unpaired) electrons. The predicted octanol–water partition coefficient (Wildman–Crippen LogP) is -0.506. The number of rotatable bonds is 6. The average Bonchev–Trinajstić information content (AvgIpc) is 3.34. The van der Waals surface area contributed by atoms with Crippen molar-refractivity contribution in [2.75, 3.05) is 25.9 Å². The van der Waals surface area contributed by atoms with Gasteiger partial charge in [0.2, 0.25) is 15.9 Å². The van der Waals surface area contributed by atoms with Gasteiger partial charge in [0.25, 0.3) is 12.0 Å². The van der Waals surface area contributed by atoms with E-state index in [1.54, 1.807) is 18.3 Å². The van der Waals surface area contributed by atoms with E-state index < -0.39 is 10.0 Å². The summed E-state index contributed by atoms with van der Waals surface area (Å²) >= 11 is 0. The van der Waals surface area contributed by atoms with Gasteiger partial charge >= 0.3 is 0 Å². The molecule has 1 aromatic heterocycles. The molecule has 2 bridgehead atoms. The molecule has 3 saturated heterocycles. The molecule has 3 aliphatic heterocycles. The zero-order valence-electron chi connectivity index (χ0n) is 16.8. The Morgan fingerprint density at radius 2 is 2.17 bits per heavy atom. The summed E-state index contributed by atoms with van der Waals surface area (Å²) in [4.78, 5) is 32.3. The summed E-state index contributed by atoms with van der Waals surface area (Å²) in [7, 11) is -3.24. The molecule has 1 spiro atoms. The van der Waals surface area contributed by atoms with Crippen LogP contribution in [0, 0.1) is 11.8 Å². The van der Waals surface area contributed by atoms with E-state index in [1.165, 1.54) is 21.2 Å². The van der Waals surface area contributed by atoms with Gasteiger partial charge in [-0.1, -0.05) is 6.07 Å². The fourth-order valence-electron chi connectivity index (χ4n) is 4.86. The van der Waals surface area contributed by atoms with Crippen molar-refractivity contribution in [3.63, 3.8) is 0 Å². The molecule has 0 unspecified atom stereocenters. The molecule has 10 nitrogen and oxygen atoms in total. The van der Waals surface area contributed by atoms with E-state index in [2.05, 4.69) is 5.32 Å². The van der Waals surface area contributed by atoms with Gasteiger partial charge in [0.1, 0.15) is 0 Å². The van der Waals surface area contributed by atoms with Gasteiger partial charge in [-0.15, -0.1) is 0 Å². The molecule has 4 atom stereocenters. The van der Waals surface area contributed by atoms with Crippen LogP contribution < -0.4 is 10.9 Å². The van der Waals surface area contributed by atoms with Crippen LogP contribution in [0.15, 0.2) is 29.2 Å². The number of amides is 1. The lowest BCUT2D eigenvalue weighted by atomic mass is 9.73. The number of carbonyl (C=O) groups is 2. The minimum Gasteiger partial charge on any atom is -0.483 e. The van der Waals surface area contributed by atoms with Gasteiger partial charge < -0.3 is 19.7 Å². The molecule has 0 aromatic carbocycles. The smallest absolute Gasteiger partial charge is 0.290 e. The van der Waals surface area contributed by atoms with Crippen molar-refractivity contribution in [2.24, 2.45) is 11.8 Å². The predicted molar refractivity (Wildman–Crippen MR) is 107 cm³/mol. The van der Waals surface area contributed by atoms with E-state index in [1.807, 2.05) is 0 Å². The summed E-state index contributed by atoms with van der Waals surface area (Å²) in [6.45, 7) is 1.46. The van der Waals surface area contributed by atoms with Crippen LogP contribution in [0.5, 0.6) is 0 Å². The molecule has 166 valence electrons. The minimum absolute atomic E-state index is 0.0914. The molecule has 11 heteroatoms. The number of nitrogens with zero attached hydrogens (tertiary/aromatic N) is 2. The van der Waals surface area contributed by atoms with Gasteiger partial charge in [-0.25, -0.2) is 8.42 Å². The molecule has 4 rings (SSSR count). The molecule has 1 aromatic rings.